The van der Waals surface area contributed by atoms with Crippen molar-refractivity contribution < 1.29 is 65.9 Å². The molecule has 0 spiro atoms. The number of alkyl halides is 11. The lowest BCUT2D eigenvalue weighted by atomic mass is 9.90. The largest absolute Gasteiger partial charge is 0.419 e. The summed E-state index contributed by atoms with van der Waals surface area (Å²) in [5.74, 6) is -12.6. The first kappa shape index (κ1) is 35.0. The van der Waals surface area contributed by atoms with E-state index in [4.69, 9.17) is 0 Å². The van der Waals surface area contributed by atoms with E-state index < -0.39 is 97.3 Å². The Balaban J connectivity index is 2.42. The van der Waals surface area contributed by atoms with Crippen LogP contribution in [0.1, 0.15) is 52.4 Å². The van der Waals surface area contributed by atoms with Gasteiger partial charge < -0.3 is 5.32 Å². The lowest BCUT2D eigenvalue weighted by Crippen LogP contribution is -2.40. The zero-order valence-electron chi connectivity index (χ0n) is 21.4. The van der Waals surface area contributed by atoms with Crippen molar-refractivity contribution in [3.63, 3.8) is 0 Å². The molecule has 0 saturated heterocycles. The van der Waals surface area contributed by atoms with Crippen LogP contribution in [0.25, 0.3) is 6.08 Å². The van der Waals surface area contributed by atoms with Crippen LogP contribution in [0.5, 0.6) is 0 Å². The van der Waals surface area contributed by atoms with Gasteiger partial charge in [0.1, 0.15) is 11.6 Å². The topological polar surface area (TPSA) is 63.2 Å². The fraction of sp³-hybridized carbons (Fsp3) is 0.400. The van der Waals surface area contributed by atoms with Crippen molar-refractivity contribution in [1.82, 2.24) is 5.32 Å². The molecule has 2 aromatic rings. The summed E-state index contributed by atoms with van der Waals surface area (Å²) in [4.78, 5) is 12.5. The second kappa shape index (κ2) is 12.2. The van der Waals surface area contributed by atoms with Gasteiger partial charge in [0.25, 0.3) is 11.8 Å². The number of benzene rings is 2. The summed E-state index contributed by atoms with van der Waals surface area (Å²) in [7, 11) is -4.79. The van der Waals surface area contributed by atoms with Crippen LogP contribution in [-0.2, 0) is 22.2 Å². The predicted octanol–water partition coefficient (Wildman–Crippen LogP) is 7.41. The molecule has 42 heavy (non-hydrogen) atoms. The molecule has 2 rings (SSSR count). The zero-order chi connectivity index (χ0) is 32.5. The lowest BCUT2D eigenvalue weighted by molar-refractivity contribution is -0.140. The highest BCUT2D eigenvalue weighted by molar-refractivity contribution is 7.91. The van der Waals surface area contributed by atoms with Crippen LogP contribution >= 0.6 is 0 Å². The van der Waals surface area contributed by atoms with Crippen molar-refractivity contribution in [1.29, 1.82) is 0 Å². The van der Waals surface area contributed by atoms with Gasteiger partial charge >= 0.3 is 18.5 Å². The highest BCUT2D eigenvalue weighted by Crippen LogP contribution is 2.39. The zero-order valence-corrected chi connectivity index (χ0v) is 22.2. The minimum atomic E-state index is -5.24. The quantitative estimate of drug-likeness (QED) is 0.290. The summed E-state index contributed by atoms with van der Waals surface area (Å²) in [5, 5.41) is 1.86. The van der Waals surface area contributed by atoms with Gasteiger partial charge in [0.2, 0.25) is 0 Å². The molecule has 0 aliphatic heterocycles. The Morgan fingerprint density at radius 3 is 1.95 bits per heavy atom. The molecule has 0 aliphatic carbocycles. The van der Waals surface area contributed by atoms with Crippen LogP contribution in [0, 0.1) is 5.82 Å². The smallest absolute Gasteiger partial charge is 0.349 e. The van der Waals surface area contributed by atoms with Gasteiger partial charge in [-0.05, 0) is 42.3 Å². The number of carbonyl (C=O) groups is 1. The number of hydrogen-bond acceptors (Lipinski definition) is 3. The molecule has 1 unspecified atom stereocenters. The van der Waals surface area contributed by atoms with E-state index in [9.17, 15) is 65.9 Å². The average molecular weight is 643 g/mol. The van der Waals surface area contributed by atoms with E-state index in [-0.39, 0.29) is 6.07 Å². The van der Waals surface area contributed by atoms with E-state index in [0.29, 0.717) is 43.3 Å². The number of rotatable bonds is 9. The fourth-order valence-corrected chi connectivity index (χ4v) is 5.33. The second-order valence-electron chi connectivity index (χ2n) is 9.38. The Hall–Kier alpha value is -3.24. The van der Waals surface area contributed by atoms with Gasteiger partial charge in [0, 0.05) is 13.0 Å². The first-order valence-corrected chi connectivity index (χ1v) is 13.3. The normalized spacial score (nSPS) is 15.1. The maximum Gasteiger partial charge on any atom is 0.419 e. The van der Waals surface area contributed by atoms with E-state index in [0.717, 1.165) is 13.0 Å². The van der Waals surface area contributed by atoms with Gasteiger partial charge in [-0.3, -0.25) is 4.79 Å². The molecule has 4 nitrogen and oxygen atoms in total. The second-order valence-corrected chi connectivity index (χ2v) is 11.5. The first-order chi connectivity index (χ1) is 18.8. The molecule has 1 amide bonds. The molecule has 0 heterocycles. The van der Waals surface area contributed by atoms with Gasteiger partial charge in [0.15, 0.2) is 9.84 Å². The van der Waals surface area contributed by atoms with Crippen LogP contribution in [-0.4, -0.2) is 44.0 Å². The summed E-state index contributed by atoms with van der Waals surface area (Å²) in [5.41, 5.74) is -5.68. The van der Waals surface area contributed by atoms with Gasteiger partial charge in [0.05, 0.1) is 28.4 Å². The number of hydrogen-bond donors (Lipinski definition) is 1. The number of allylic oxidation sites excluding steroid dienone is 1. The molecule has 0 radical (unpaired) electrons. The van der Waals surface area contributed by atoms with Crippen LogP contribution < -0.4 is 5.32 Å². The van der Waals surface area contributed by atoms with Crippen molar-refractivity contribution in [2.75, 3.05) is 11.5 Å². The third-order valence-electron chi connectivity index (χ3n) is 5.54. The van der Waals surface area contributed by atoms with E-state index in [2.05, 4.69) is 0 Å². The number of sulfone groups is 1. The molecule has 0 bridgehead atoms. The summed E-state index contributed by atoms with van der Waals surface area (Å²) >= 11 is 0. The highest BCUT2D eigenvalue weighted by atomic mass is 32.2. The Labute approximate surface area is 231 Å². The molecule has 0 saturated carbocycles. The maximum atomic E-state index is 14.3. The number of amides is 1. The summed E-state index contributed by atoms with van der Waals surface area (Å²) in [6.45, 7) is 1.27. The van der Waals surface area contributed by atoms with E-state index >= 15 is 0 Å². The van der Waals surface area contributed by atoms with Crippen LogP contribution in [0.15, 0.2) is 42.5 Å². The van der Waals surface area contributed by atoms with Gasteiger partial charge in [-0.15, -0.1) is 0 Å². The Kier molecular flexibility index (Phi) is 10.1. The predicted molar refractivity (Wildman–Crippen MR) is 127 cm³/mol. The van der Waals surface area contributed by atoms with Crippen molar-refractivity contribution in [2.45, 2.75) is 50.3 Å². The third kappa shape index (κ3) is 9.94. The first-order valence-electron chi connectivity index (χ1n) is 11.5. The van der Waals surface area contributed by atoms with Gasteiger partial charge in [-0.25, -0.2) is 21.6 Å². The molecule has 17 heteroatoms. The van der Waals surface area contributed by atoms with Crippen molar-refractivity contribution in [3.05, 3.63) is 76.1 Å². The van der Waals surface area contributed by atoms with Crippen molar-refractivity contribution in [3.8, 4) is 0 Å². The molecule has 0 aliphatic rings. The van der Waals surface area contributed by atoms with Crippen LogP contribution in [0.4, 0.5) is 52.7 Å². The fourth-order valence-electron chi connectivity index (χ4n) is 3.86. The minimum absolute atomic E-state index is 0.145. The molecule has 2 aromatic carbocycles. The van der Waals surface area contributed by atoms with Gasteiger partial charge in [-0.1, -0.05) is 24.3 Å². The average Bonchev–Trinajstić information content (AvgIpc) is 2.75. The Bertz CT molecular complexity index is 1420. The maximum absolute atomic E-state index is 14.3. The SMILES string of the molecule is C[C@H](CS(=O)(=O)CC(F)(F)F)NC(=O)c1ccc(/C=C/C(c2ccc(F)c(C(F)(F)F)c2)C(C)(F)F)cc1C(F)(F)F. The van der Waals surface area contributed by atoms with E-state index in [1.54, 1.807) is 0 Å². The number of carbonyl (C=O) groups excluding carboxylic acids is 1. The highest BCUT2D eigenvalue weighted by Gasteiger charge is 2.39. The molecule has 234 valence electrons. The molecular weight excluding hydrogens is 622 g/mol. The third-order valence-corrected chi connectivity index (χ3v) is 7.32. The standard InChI is InChI=1S/C25H21F12NO3S/c1-13(11-42(40,41)12-23(29,30)31)38-21(39)16-6-3-14(9-18(16)24(32,33)34)4-7-17(22(2,27)28)15-5-8-20(26)19(10-15)25(35,36)37/h3-10,13,17H,11-12H2,1-2H3,(H,38,39)/b7-4+/t13-,17?/m1/s1. The Morgan fingerprint density at radius 1 is 0.881 bits per heavy atom. The molecule has 2 atom stereocenters. The van der Waals surface area contributed by atoms with Crippen LogP contribution in [0.3, 0.4) is 0 Å². The minimum Gasteiger partial charge on any atom is -0.349 e. The summed E-state index contributed by atoms with van der Waals surface area (Å²) in [6, 6.07) is 1.35. The van der Waals surface area contributed by atoms with Crippen molar-refractivity contribution in [2.24, 2.45) is 0 Å². The van der Waals surface area contributed by atoms with Crippen LogP contribution in [0.2, 0.25) is 0 Å². The Morgan fingerprint density at radius 2 is 1.45 bits per heavy atom. The summed E-state index contributed by atoms with van der Waals surface area (Å²) < 4.78 is 183. The van der Waals surface area contributed by atoms with Crippen molar-refractivity contribution >= 4 is 21.8 Å². The molecular formula is C25H21F12NO3S. The number of nitrogens with one attached hydrogen (secondary N) is 1. The molecule has 1 N–H and O–H groups in total. The van der Waals surface area contributed by atoms with E-state index in [1.165, 1.54) is 0 Å². The molecule has 0 fully saturated rings. The molecule has 0 aromatic heterocycles. The van der Waals surface area contributed by atoms with E-state index in [1.807, 2.05) is 5.32 Å². The monoisotopic (exact) mass is 643 g/mol. The number of halogens is 12. The summed E-state index contributed by atoms with van der Waals surface area (Å²) in [6.07, 6.45) is -14.3. The lowest BCUT2D eigenvalue weighted by Gasteiger charge is -2.22. The van der Waals surface area contributed by atoms with Gasteiger partial charge in [-0.2, -0.15) is 39.5 Å².